The van der Waals surface area contributed by atoms with E-state index < -0.39 is 0 Å². The van der Waals surface area contributed by atoms with Crippen LogP contribution in [0.4, 0.5) is 0 Å². The Kier molecular flexibility index (Phi) is 2.45. The lowest BCUT2D eigenvalue weighted by Gasteiger charge is -1.99. The molecular formula is C10H8N4O. The number of hydrogen-bond donors (Lipinski definition) is 0. The number of rotatable bonds is 2. The molecule has 2 aromatic rings. The number of hydrogen-bond acceptors (Lipinski definition) is 5. The third kappa shape index (κ3) is 2.01. The van der Waals surface area contributed by atoms with Gasteiger partial charge in [-0.05, 0) is 19.1 Å². The molecular weight excluding hydrogens is 192 g/mol. The van der Waals surface area contributed by atoms with Crippen LogP contribution in [0.15, 0.2) is 24.5 Å². The number of carbonyl (C=O) groups excluding carboxylic acids is 1. The molecule has 2 heterocycles. The lowest BCUT2D eigenvalue weighted by atomic mass is 10.3. The molecule has 0 aromatic carbocycles. The van der Waals surface area contributed by atoms with Crippen LogP contribution in [-0.4, -0.2) is 26.2 Å². The van der Waals surface area contributed by atoms with Gasteiger partial charge in [-0.3, -0.25) is 4.79 Å². The first-order valence-electron chi connectivity index (χ1n) is 4.38. The largest absolute Gasteiger partial charge is 0.296 e. The van der Waals surface area contributed by atoms with Crippen LogP contribution in [-0.2, 0) is 0 Å². The second-order valence-corrected chi connectivity index (χ2v) is 2.91. The monoisotopic (exact) mass is 200 g/mol. The summed E-state index contributed by atoms with van der Waals surface area (Å²) in [6, 6.07) is 3.25. The Bertz CT molecular complexity index is 498. The SMILES string of the molecule is Cc1nccc(-c2nccc(C=O)n2)n1. The van der Waals surface area contributed by atoms with Gasteiger partial charge in [-0.2, -0.15) is 0 Å². The van der Waals surface area contributed by atoms with Gasteiger partial charge >= 0.3 is 0 Å². The molecule has 2 aromatic heterocycles. The van der Waals surface area contributed by atoms with Crippen LogP contribution in [0.1, 0.15) is 16.3 Å². The third-order valence-electron chi connectivity index (χ3n) is 1.80. The Morgan fingerprint density at radius 2 is 1.93 bits per heavy atom. The van der Waals surface area contributed by atoms with E-state index in [1.165, 1.54) is 6.20 Å². The summed E-state index contributed by atoms with van der Waals surface area (Å²) in [5.41, 5.74) is 0.961. The summed E-state index contributed by atoms with van der Waals surface area (Å²) in [5, 5.41) is 0. The Morgan fingerprint density at radius 3 is 2.67 bits per heavy atom. The molecule has 0 aliphatic rings. The van der Waals surface area contributed by atoms with Crippen LogP contribution < -0.4 is 0 Å². The standard InChI is InChI=1S/C10H8N4O/c1-7-11-5-3-9(13-7)10-12-4-2-8(6-15)14-10/h2-6H,1H3. The average Bonchev–Trinajstić information content (AvgIpc) is 2.29. The third-order valence-corrected chi connectivity index (χ3v) is 1.80. The van der Waals surface area contributed by atoms with Crippen molar-refractivity contribution in [3.05, 3.63) is 36.0 Å². The van der Waals surface area contributed by atoms with Crippen LogP contribution in [0.3, 0.4) is 0 Å². The van der Waals surface area contributed by atoms with E-state index in [1.54, 1.807) is 25.3 Å². The van der Waals surface area contributed by atoms with E-state index in [-0.39, 0.29) is 0 Å². The van der Waals surface area contributed by atoms with E-state index in [0.717, 1.165) is 0 Å². The highest BCUT2D eigenvalue weighted by atomic mass is 16.1. The van der Waals surface area contributed by atoms with Crippen LogP contribution in [0, 0.1) is 6.92 Å². The van der Waals surface area contributed by atoms with Crippen molar-refractivity contribution in [2.75, 3.05) is 0 Å². The number of aryl methyl sites for hydroxylation is 1. The summed E-state index contributed by atoms with van der Waals surface area (Å²) < 4.78 is 0. The van der Waals surface area contributed by atoms with Crippen LogP contribution in [0.5, 0.6) is 0 Å². The first-order valence-corrected chi connectivity index (χ1v) is 4.38. The molecule has 15 heavy (non-hydrogen) atoms. The molecule has 0 bridgehead atoms. The van der Waals surface area contributed by atoms with Crippen molar-refractivity contribution in [3.8, 4) is 11.5 Å². The number of nitrogens with zero attached hydrogens (tertiary/aromatic N) is 4. The van der Waals surface area contributed by atoms with E-state index in [0.29, 0.717) is 29.3 Å². The fourth-order valence-corrected chi connectivity index (χ4v) is 1.14. The molecule has 0 aliphatic carbocycles. The first-order chi connectivity index (χ1) is 7.29. The van der Waals surface area contributed by atoms with Gasteiger partial charge < -0.3 is 0 Å². The summed E-state index contributed by atoms with van der Waals surface area (Å²) in [5.74, 6) is 1.08. The summed E-state index contributed by atoms with van der Waals surface area (Å²) in [6.45, 7) is 1.78. The van der Waals surface area contributed by atoms with Crippen molar-refractivity contribution >= 4 is 6.29 Å². The van der Waals surface area contributed by atoms with Gasteiger partial charge in [-0.15, -0.1) is 0 Å². The Balaban J connectivity index is 2.49. The first kappa shape index (κ1) is 9.39. The highest BCUT2D eigenvalue weighted by Gasteiger charge is 2.03. The highest BCUT2D eigenvalue weighted by Crippen LogP contribution is 2.10. The van der Waals surface area contributed by atoms with Gasteiger partial charge in [0.2, 0.25) is 0 Å². The normalized spacial score (nSPS) is 9.93. The molecule has 74 valence electrons. The molecule has 0 aliphatic heterocycles. The van der Waals surface area contributed by atoms with Crippen LogP contribution >= 0.6 is 0 Å². The molecule has 0 atom stereocenters. The lowest BCUT2D eigenvalue weighted by Crippen LogP contribution is -1.97. The van der Waals surface area contributed by atoms with Gasteiger partial charge in [0.15, 0.2) is 12.1 Å². The van der Waals surface area contributed by atoms with Gasteiger partial charge in [0, 0.05) is 12.4 Å². The van der Waals surface area contributed by atoms with Crippen molar-refractivity contribution in [3.63, 3.8) is 0 Å². The molecule has 2 rings (SSSR count). The molecule has 0 saturated carbocycles. The maximum absolute atomic E-state index is 10.5. The molecule has 0 amide bonds. The average molecular weight is 200 g/mol. The molecule has 5 nitrogen and oxygen atoms in total. The van der Waals surface area contributed by atoms with Crippen molar-refractivity contribution in [2.45, 2.75) is 6.92 Å². The summed E-state index contributed by atoms with van der Waals surface area (Å²) in [6.07, 6.45) is 3.84. The van der Waals surface area contributed by atoms with Crippen molar-refractivity contribution in [1.82, 2.24) is 19.9 Å². The molecule has 0 unspecified atom stereocenters. The Morgan fingerprint density at radius 1 is 1.13 bits per heavy atom. The Labute approximate surface area is 86.3 Å². The summed E-state index contributed by atoms with van der Waals surface area (Å²) in [4.78, 5) is 26.7. The maximum Gasteiger partial charge on any atom is 0.178 e. The smallest absolute Gasteiger partial charge is 0.178 e. The van der Waals surface area contributed by atoms with E-state index in [2.05, 4.69) is 19.9 Å². The minimum atomic E-state index is 0.344. The fraction of sp³-hybridized carbons (Fsp3) is 0.100. The van der Waals surface area contributed by atoms with E-state index in [1.807, 2.05) is 0 Å². The molecule has 0 N–H and O–H groups in total. The van der Waals surface area contributed by atoms with Gasteiger partial charge in [0.1, 0.15) is 17.2 Å². The van der Waals surface area contributed by atoms with E-state index in [9.17, 15) is 4.79 Å². The van der Waals surface area contributed by atoms with Gasteiger partial charge in [0.25, 0.3) is 0 Å². The Hall–Kier alpha value is -2.17. The fourth-order valence-electron chi connectivity index (χ4n) is 1.14. The predicted octanol–water partition coefficient (Wildman–Crippen LogP) is 1.05. The highest BCUT2D eigenvalue weighted by molar-refractivity contribution is 5.72. The topological polar surface area (TPSA) is 68.6 Å². The zero-order valence-corrected chi connectivity index (χ0v) is 8.08. The number of carbonyl (C=O) groups is 1. The van der Waals surface area contributed by atoms with Crippen LogP contribution in [0.2, 0.25) is 0 Å². The second kappa shape index (κ2) is 3.91. The second-order valence-electron chi connectivity index (χ2n) is 2.91. The number of aldehydes is 1. The summed E-state index contributed by atoms with van der Waals surface area (Å²) >= 11 is 0. The van der Waals surface area contributed by atoms with Gasteiger partial charge in [-0.25, -0.2) is 19.9 Å². The minimum Gasteiger partial charge on any atom is -0.296 e. The van der Waals surface area contributed by atoms with E-state index >= 15 is 0 Å². The van der Waals surface area contributed by atoms with Gasteiger partial charge in [-0.1, -0.05) is 0 Å². The quantitative estimate of drug-likeness (QED) is 0.678. The summed E-state index contributed by atoms with van der Waals surface area (Å²) in [7, 11) is 0. The zero-order valence-electron chi connectivity index (χ0n) is 8.08. The van der Waals surface area contributed by atoms with Crippen molar-refractivity contribution in [1.29, 1.82) is 0 Å². The van der Waals surface area contributed by atoms with Crippen molar-refractivity contribution < 1.29 is 4.79 Å². The molecule has 0 saturated heterocycles. The number of aromatic nitrogens is 4. The zero-order chi connectivity index (χ0) is 10.7. The van der Waals surface area contributed by atoms with Crippen molar-refractivity contribution in [2.24, 2.45) is 0 Å². The maximum atomic E-state index is 10.5. The molecule has 5 heteroatoms. The lowest BCUT2D eigenvalue weighted by molar-refractivity contribution is 0.111. The van der Waals surface area contributed by atoms with Crippen LogP contribution in [0.25, 0.3) is 11.5 Å². The minimum absolute atomic E-state index is 0.344. The molecule has 0 radical (unpaired) electrons. The predicted molar refractivity (Wildman–Crippen MR) is 53.2 cm³/mol. The van der Waals surface area contributed by atoms with E-state index in [4.69, 9.17) is 0 Å². The van der Waals surface area contributed by atoms with Gasteiger partial charge in [0.05, 0.1) is 0 Å². The molecule has 0 fully saturated rings. The molecule has 0 spiro atoms.